The summed E-state index contributed by atoms with van der Waals surface area (Å²) in [6, 6.07) is 1.42. The van der Waals surface area contributed by atoms with Crippen LogP contribution in [0.3, 0.4) is 0 Å². The van der Waals surface area contributed by atoms with Crippen LogP contribution in [0.15, 0.2) is 17.3 Å². The van der Waals surface area contributed by atoms with E-state index in [1.807, 2.05) is 0 Å². The van der Waals surface area contributed by atoms with Gasteiger partial charge >= 0.3 is 0 Å². The van der Waals surface area contributed by atoms with Crippen LogP contribution in [0.4, 0.5) is 0 Å². The van der Waals surface area contributed by atoms with Crippen LogP contribution in [0.5, 0.6) is 0 Å². The molecule has 1 aromatic rings. The lowest BCUT2D eigenvalue weighted by Crippen LogP contribution is -2.28. The van der Waals surface area contributed by atoms with Gasteiger partial charge in [-0.15, -0.1) is 0 Å². The molecule has 1 aliphatic carbocycles. The van der Waals surface area contributed by atoms with Gasteiger partial charge in [0.05, 0.1) is 18.9 Å². The molecule has 7 heteroatoms. The molecule has 1 aromatic heterocycles. The lowest BCUT2D eigenvalue weighted by atomic mass is 10.3. The Balaban J connectivity index is 1.71. The van der Waals surface area contributed by atoms with E-state index in [4.69, 9.17) is 4.74 Å². The Kier molecular flexibility index (Phi) is 4.14. The van der Waals surface area contributed by atoms with E-state index in [1.165, 1.54) is 25.1 Å². The van der Waals surface area contributed by atoms with E-state index < -0.39 is 10.0 Å². The zero-order chi connectivity index (χ0) is 12.1. The van der Waals surface area contributed by atoms with Gasteiger partial charge in [0.15, 0.2) is 5.03 Å². The van der Waals surface area contributed by atoms with Gasteiger partial charge in [-0.1, -0.05) is 12.8 Å². The molecule has 0 aliphatic heterocycles. The second-order valence-corrected chi connectivity index (χ2v) is 5.83. The van der Waals surface area contributed by atoms with Crippen molar-refractivity contribution in [3.05, 3.63) is 12.3 Å². The van der Waals surface area contributed by atoms with Crippen molar-refractivity contribution in [1.82, 2.24) is 14.9 Å². The second kappa shape index (κ2) is 5.61. The van der Waals surface area contributed by atoms with Crippen LogP contribution in [-0.2, 0) is 14.8 Å². The molecule has 1 saturated carbocycles. The van der Waals surface area contributed by atoms with E-state index in [9.17, 15) is 8.42 Å². The second-order valence-electron chi connectivity index (χ2n) is 4.10. The summed E-state index contributed by atoms with van der Waals surface area (Å²) in [5, 5.41) is 6.10. The van der Waals surface area contributed by atoms with Crippen LogP contribution < -0.4 is 4.72 Å². The predicted octanol–water partition coefficient (Wildman–Crippen LogP) is 0.647. The van der Waals surface area contributed by atoms with Crippen molar-refractivity contribution < 1.29 is 13.2 Å². The molecule has 0 amide bonds. The monoisotopic (exact) mass is 259 g/mol. The summed E-state index contributed by atoms with van der Waals surface area (Å²) in [5.74, 6) is 0. The zero-order valence-electron chi connectivity index (χ0n) is 9.55. The van der Waals surface area contributed by atoms with Crippen molar-refractivity contribution in [2.24, 2.45) is 0 Å². The molecule has 0 aromatic carbocycles. The van der Waals surface area contributed by atoms with Crippen LogP contribution in [0.25, 0.3) is 0 Å². The number of sulfonamides is 1. The highest BCUT2D eigenvalue weighted by Crippen LogP contribution is 2.20. The molecule has 2 rings (SSSR count). The fourth-order valence-electron chi connectivity index (χ4n) is 1.93. The van der Waals surface area contributed by atoms with Crippen molar-refractivity contribution in [3.63, 3.8) is 0 Å². The van der Waals surface area contributed by atoms with Gasteiger partial charge in [-0.2, -0.15) is 5.10 Å². The molecule has 0 unspecified atom stereocenters. The molecule has 0 bridgehead atoms. The first-order valence-corrected chi connectivity index (χ1v) is 7.27. The van der Waals surface area contributed by atoms with E-state index in [2.05, 4.69) is 14.9 Å². The molecule has 1 aliphatic rings. The molecule has 1 heterocycles. The van der Waals surface area contributed by atoms with Crippen molar-refractivity contribution in [1.29, 1.82) is 0 Å². The third-order valence-electron chi connectivity index (χ3n) is 2.81. The summed E-state index contributed by atoms with van der Waals surface area (Å²) in [4.78, 5) is 0. The maximum atomic E-state index is 11.7. The lowest BCUT2D eigenvalue weighted by molar-refractivity contribution is 0.0626. The number of nitrogens with zero attached hydrogens (tertiary/aromatic N) is 1. The van der Waals surface area contributed by atoms with Crippen molar-refractivity contribution >= 4 is 10.0 Å². The summed E-state index contributed by atoms with van der Waals surface area (Å²) in [6.07, 6.45) is 6.32. The minimum Gasteiger partial charge on any atom is -0.377 e. The standard InChI is InChI=1S/C10H17N3O3S/c14-17(15,10-5-6-11-13-10)12-7-8-16-9-3-1-2-4-9/h5-6,9,12H,1-4,7-8H2,(H,11,13). The summed E-state index contributed by atoms with van der Waals surface area (Å²) in [6.45, 7) is 0.704. The SMILES string of the molecule is O=S(=O)(NCCOC1CCCC1)c1ccn[nH]1. The Morgan fingerprint density at radius 2 is 2.24 bits per heavy atom. The first-order chi connectivity index (χ1) is 8.18. The van der Waals surface area contributed by atoms with E-state index in [-0.39, 0.29) is 11.6 Å². The maximum absolute atomic E-state index is 11.7. The van der Waals surface area contributed by atoms with Gasteiger partial charge in [0, 0.05) is 6.54 Å². The number of ether oxygens (including phenoxy) is 1. The number of nitrogens with one attached hydrogen (secondary N) is 2. The number of hydrogen-bond acceptors (Lipinski definition) is 4. The van der Waals surface area contributed by atoms with Gasteiger partial charge < -0.3 is 4.74 Å². The highest BCUT2D eigenvalue weighted by molar-refractivity contribution is 7.89. The quantitative estimate of drug-likeness (QED) is 0.735. The Morgan fingerprint density at radius 3 is 2.88 bits per heavy atom. The van der Waals surface area contributed by atoms with E-state index in [0.29, 0.717) is 12.7 Å². The number of rotatable bonds is 6. The van der Waals surface area contributed by atoms with E-state index in [1.54, 1.807) is 0 Å². The highest BCUT2D eigenvalue weighted by Gasteiger charge is 2.17. The third kappa shape index (κ3) is 3.52. The summed E-state index contributed by atoms with van der Waals surface area (Å²) >= 11 is 0. The van der Waals surface area contributed by atoms with Crippen LogP contribution in [-0.4, -0.2) is 37.9 Å². The summed E-state index contributed by atoms with van der Waals surface area (Å²) < 4.78 is 31.3. The number of aromatic nitrogens is 2. The topological polar surface area (TPSA) is 84.1 Å². The summed E-state index contributed by atoms with van der Waals surface area (Å²) in [7, 11) is -3.46. The minimum absolute atomic E-state index is 0.0818. The average Bonchev–Trinajstić information content (AvgIpc) is 2.97. The largest absolute Gasteiger partial charge is 0.377 e. The van der Waals surface area contributed by atoms with Gasteiger partial charge in [0.2, 0.25) is 0 Å². The van der Waals surface area contributed by atoms with Crippen LogP contribution in [0.1, 0.15) is 25.7 Å². The smallest absolute Gasteiger partial charge is 0.257 e. The van der Waals surface area contributed by atoms with Gasteiger partial charge in [0.1, 0.15) is 0 Å². The van der Waals surface area contributed by atoms with Crippen molar-refractivity contribution in [3.8, 4) is 0 Å². The molecule has 17 heavy (non-hydrogen) atoms. The van der Waals surface area contributed by atoms with Crippen molar-refractivity contribution in [2.75, 3.05) is 13.2 Å². The zero-order valence-corrected chi connectivity index (χ0v) is 10.4. The average molecular weight is 259 g/mol. The van der Waals surface area contributed by atoms with Crippen molar-refractivity contribution in [2.45, 2.75) is 36.8 Å². The number of aromatic amines is 1. The fourth-order valence-corrected chi connectivity index (χ4v) is 2.85. The van der Waals surface area contributed by atoms with Gasteiger partial charge in [-0.05, 0) is 18.9 Å². The molecule has 0 saturated heterocycles. The Bertz CT molecular complexity index is 424. The lowest BCUT2D eigenvalue weighted by Gasteiger charge is -2.11. The molecule has 1 fully saturated rings. The molecule has 0 radical (unpaired) electrons. The molecule has 0 spiro atoms. The molecular formula is C10H17N3O3S. The molecule has 0 atom stereocenters. The Hall–Kier alpha value is -0.920. The first-order valence-electron chi connectivity index (χ1n) is 5.79. The third-order valence-corrected chi connectivity index (χ3v) is 4.21. The molecule has 2 N–H and O–H groups in total. The van der Waals surface area contributed by atoms with Crippen LogP contribution >= 0.6 is 0 Å². The predicted molar refractivity (Wildman–Crippen MR) is 62.0 cm³/mol. The number of hydrogen-bond donors (Lipinski definition) is 2. The summed E-state index contributed by atoms with van der Waals surface area (Å²) in [5.41, 5.74) is 0. The first kappa shape index (κ1) is 12.5. The van der Waals surface area contributed by atoms with E-state index >= 15 is 0 Å². The van der Waals surface area contributed by atoms with Gasteiger partial charge in [0.25, 0.3) is 10.0 Å². The van der Waals surface area contributed by atoms with Gasteiger partial charge in [-0.25, -0.2) is 13.1 Å². The van der Waals surface area contributed by atoms with E-state index in [0.717, 1.165) is 12.8 Å². The molecular weight excluding hydrogens is 242 g/mol. The minimum atomic E-state index is -3.46. The Labute approximate surface area is 101 Å². The highest BCUT2D eigenvalue weighted by atomic mass is 32.2. The molecule has 96 valence electrons. The van der Waals surface area contributed by atoms with Gasteiger partial charge in [-0.3, -0.25) is 5.10 Å². The normalized spacial score (nSPS) is 17.6. The Morgan fingerprint density at radius 1 is 1.47 bits per heavy atom. The maximum Gasteiger partial charge on any atom is 0.257 e. The molecule has 6 nitrogen and oxygen atoms in total. The number of H-pyrrole nitrogens is 1. The van der Waals surface area contributed by atoms with Crippen LogP contribution in [0, 0.1) is 0 Å². The van der Waals surface area contributed by atoms with Crippen LogP contribution in [0.2, 0.25) is 0 Å². The fraction of sp³-hybridized carbons (Fsp3) is 0.700.